The van der Waals surface area contributed by atoms with Crippen molar-refractivity contribution in [2.24, 2.45) is 0 Å². The van der Waals surface area contributed by atoms with E-state index in [-0.39, 0.29) is 12.0 Å². The van der Waals surface area contributed by atoms with Gasteiger partial charge in [0.2, 0.25) is 11.8 Å². The third-order valence-corrected chi connectivity index (χ3v) is 4.02. The highest BCUT2D eigenvalue weighted by Gasteiger charge is 2.31. The zero-order chi connectivity index (χ0) is 15.0. The summed E-state index contributed by atoms with van der Waals surface area (Å²) in [4.78, 5) is 11.3. The molecule has 0 bridgehead atoms. The first kappa shape index (κ1) is 14.3. The molecule has 2 aromatic heterocycles. The first-order valence-corrected chi connectivity index (χ1v) is 7.55. The summed E-state index contributed by atoms with van der Waals surface area (Å²) in [5.74, 6) is 3.42. The van der Waals surface area contributed by atoms with Crippen LogP contribution in [0.1, 0.15) is 67.7 Å². The van der Waals surface area contributed by atoms with Gasteiger partial charge in [0.25, 0.3) is 0 Å². The van der Waals surface area contributed by atoms with Crippen molar-refractivity contribution in [2.45, 2.75) is 59.0 Å². The summed E-state index contributed by atoms with van der Waals surface area (Å²) >= 11 is 0. The summed E-state index contributed by atoms with van der Waals surface area (Å²) in [6.07, 6.45) is 2.19. The smallest absolute Gasteiger partial charge is 0.229 e. The monoisotopic (exact) mass is 290 g/mol. The van der Waals surface area contributed by atoms with Crippen LogP contribution in [0.2, 0.25) is 0 Å². The lowest BCUT2D eigenvalue weighted by molar-refractivity contribution is 0.211. The average Bonchev–Trinajstić information content (AvgIpc) is 3.11. The molecule has 0 spiro atoms. The zero-order valence-corrected chi connectivity index (χ0v) is 13.1. The van der Waals surface area contributed by atoms with Gasteiger partial charge in [-0.05, 0) is 33.2 Å². The van der Waals surface area contributed by atoms with Crippen LogP contribution in [0.3, 0.4) is 0 Å². The van der Waals surface area contributed by atoms with E-state index in [2.05, 4.69) is 33.9 Å². The van der Waals surface area contributed by atoms with Crippen LogP contribution in [0.15, 0.2) is 8.94 Å². The molecule has 0 radical (unpaired) electrons. The van der Waals surface area contributed by atoms with E-state index in [1.165, 1.54) is 0 Å². The lowest BCUT2D eigenvalue weighted by Crippen LogP contribution is -2.23. The van der Waals surface area contributed by atoms with E-state index in [9.17, 15) is 0 Å². The lowest BCUT2D eigenvalue weighted by atomic mass is 10.2. The molecule has 1 fully saturated rings. The van der Waals surface area contributed by atoms with Crippen LogP contribution in [-0.2, 0) is 6.54 Å². The fraction of sp³-hybridized carbons (Fsp3) is 0.667. The van der Waals surface area contributed by atoms with Crippen molar-refractivity contribution in [1.29, 1.82) is 0 Å². The van der Waals surface area contributed by atoms with Gasteiger partial charge in [0, 0.05) is 5.92 Å². The summed E-state index contributed by atoms with van der Waals surface area (Å²) in [5.41, 5.74) is 0.961. The van der Waals surface area contributed by atoms with Crippen molar-refractivity contribution < 1.29 is 8.94 Å². The quantitative estimate of drug-likeness (QED) is 0.861. The fourth-order valence-electron chi connectivity index (χ4n) is 2.71. The van der Waals surface area contributed by atoms with Gasteiger partial charge in [0.15, 0.2) is 5.82 Å². The Hall–Kier alpha value is -1.69. The van der Waals surface area contributed by atoms with Crippen LogP contribution in [0.5, 0.6) is 0 Å². The van der Waals surface area contributed by atoms with E-state index < -0.39 is 0 Å². The van der Waals surface area contributed by atoms with Crippen LogP contribution < -0.4 is 0 Å². The van der Waals surface area contributed by atoms with Crippen LogP contribution in [0.25, 0.3) is 0 Å². The number of nitrogens with zero attached hydrogens (tertiary/aromatic N) is 4. The van der Waals surface area contributed by atoms with Crippen LogP contribution in [0, 0.1) is 13.8 Å². The number of hydrogen-bond acceptors (Lipinski definition) is 6. The minimum absolute atomic E-state index is 0.203. The Morgan fingerprint density at radius 1 is 1.29 bits per heavy atom. The molecule has 114 valence electrons. The third-order valence-electron chi connectivity index (χ3n) is 4.02. The predicted octanol–water partition coefficient (Wildman–Crippen LogP) is 3.13. The molecular weight excluding hydrogens is 268 g/mol. The van der Waals surface area contributed by atoms with E-state index in [1.807, 2.05) is 13.8 Å². The number of aryl methyl sites for hydroxylation is 2. The maximum atomic E-state index is 5.69. The second-order valence-corrected chi connectivity index (χ2v) is 6.02. The third kappa shape index (κ3) is 2.85. The Morgan fingerprint density at radius 3 is 2.71 bits per heavy atom. The maximum Gasteiger partial charge on any atom is 0.229 e. The van der Waals surface area contributed by atoms with E-state index in [1.54, 1.807) is 0 Å². The molecule has 0 unspecified atom stereocenters. The van der Waals surface area contributed by atoms with Gasteiger partial charge in [-0.2, -0.15) is 4.98 Å². The SMILES string of the molecule is Cc1nc(CN2CCC[C@@H]2c2noc(C(C)C)n2)oc1C. The first-order valence-electron chi connectivity index (χ1n) is 7.55. The van der Waals surface area contributed by atoms with Crippen molar-refractivity contribution in [3.63, 3.8) is 0 Å². The highest BCUT2D eigenvalue weighted by Crippen LogP contribution is 2.32. The maximum absolute atomic E-state index is 5.69. The first-order chi connectivity index (χ1) is 10.0. The Morgan fingerprint density at radius 2 is 2.10 bits per heavy atom. The van der Waals surface area contributed by atoms with Crippen LogP contribution >= 0.6 is 0 Å². The molecule has 6 heteroatoms. The molecule has 1 aliphatic rings. The summed E-state index contributed by atoms with van der Waals surface area (Å²) in [6, 6.07) is 0.203. The van der Waals surface area contributed by atoms with Gasteiger partial charge < -0.3 is 8.94 Å². The molecule has 3 heterocycles. The van der Waals surface area contributed by atoms with E-state index in [0.717, 1.165) is 42.6 Å². The molecular formula is C15H22N4O2. The number of likely N-dealkylation sites (tertiary alicyclic amines) is 1. The summed E-state index contributed by atoms with van der Waals surface area (Å²) < 4.78 is 11.0. The molecule has 3 rings (SSSR count). The molecule has 0 saturated carbocycles. The standard InChI is InChI=1S/C15H22N4O2/c1-9(2)15-17-14(18-21-15)12-6-5-7-19(12)8-13-16-10(3)11(4)20-13/h9,12H,5-8H2,1-4H3/t12-/m1/s1. The minimum atomic E-state index is 0.203. The van der Waals surface area contributed by atoms with Crippen LogP contribution in [-0.4, -0.2) is 26.6 Å². The van der Waals surface area contributed by atoms with Gasteiger partial charge in [-0.1, -0.05) is 19.0 Å². The Balaban J connectivity index is 1.75. The highest BCUT2D eigenvalue weighted by atomic mass is 16.5. The number of hydrogen-bond donors (Lipinski definition) is 0. The Labute approximate surface area is 124 Å². The van der Waals surface area contributed by atoms with Gasteiger partial charge >= 0.3 is 0 Å². The summed E-state index contributed by atoms with van der Waals surface area (Å²) in [7, 11) is 0. The molecule has 21 heavy (non-hydrogen) atoms. The molecule has 1 saturated heterocycles. The van der Waals surface area contributed by atoms with Crippen molar-refractivity contribution in [3.05, 3.63) is 29.1 Å². The number of rotatable bonds is 4. The average molecular weight is 290 g/mol. The highest BCUT2D eigenvalue weighted by molar-refractivity contribution is 5.06. The minimum Gasteiger partial charge on any atom is -0.444 e. The Kier molecular flexibility index (Phi) is 3.80. The zero-order valence-electron chi connectivity index (χ0n) is 13.1. The second-order valence-electron chi connectivity index (χ2n) is 6.02. The fourth-order valence-corrected chi connectivity index (χ4v) is 2.71. The molecule has 0 amide bonds. The van der Waals surface area contributed by atoms with Gasteiger partial charge in [0.05, 0.1) is 18.3 Å². The van der Waals surface area contributed by atoms with Crippen molar-refractivity contribution in [2.75, 3.05) is 6.54 Å². The lowest BCUT2D eigenvalue weighted by Gasteiger charge is -2.19. The molecule has 6 nitrogen and oxygen atoms in total. The number of oxazole rings is 1. The Bertz CT molecular complexity index is 597. The van der Waals surface area contributed by atoms with E-state index >= 15 is 0 Å². The predicted molar refractivity (Wildman–Crippen MR) is 76.7 cm³/mol. The molecule has 2 aromatic rings. The van der Waals surface area contributed by atoms with Crippen molar-refractivity contribution in [3.8, 4) is 0 Å². The molecule has 1 aliphatic heterocycles. The summed E-state index contributed by atoms with van der Waals surface area (Å²) in [5, 5.41) is 4.16. The summed E-state index contributed by atoms with van der Waals surface area (Å²) in [6.45, 7) is 9.74. The number of aromatic nitrogens is 3. The van der Waals surface area contributed by atoms with Gasteiger partial charge in [0.1, 0.15) is 5.76 Å². The second kappa shape index (κ2) is 5.60. The van der Waals surface area contributed by atoms with Gasteiger partial charge in [-0.3, -0.25) is 4.90 Å². The normalized spacial score (nSPS) is 19.8. The molecule has 0 N–H and O–H groups in total. The largest absolute Gasteiger partial charge is 0.444 e. The molecule has 0 aliphatic carbocycles. The van der Waals surface area contributed by atoms with Crippen LogP contribution in [0.4, 0.5) is 0 Å². The topological polar surface area (TPSA) is 68.2 Å². The van der Waals surface area contributed by atoms with E-state index in [0.29, 0.717) is 12.4 Å². The van der Waals surface area contributed by atoms with E-state index in [4.69, 9.17) is 8.94 Å². The molecule has 0 aromatic carbocycles. The van der Waals surface area contributed by atoms with Gasteiger partial charge in [-0.15, -0.1) is 0 Å². The van der Waals surface area contributed by atoms with Crippen molar-refractivity contribution in [1.82, 2.24) is 20.0 Å². The van der Waals surface area contributed by atoms with Gasteiger partial charge in [-0.25, -0.2) is 4.98 Å². The van der Waals surface area contributed by atoms with Crippen molar-refractivity contribution >= 4 is 0 Å². The molecule has 1 atom stereocenters.